The van der Waals surface area contributed by atoms with Crippen molar-refractivity contribution >= 4 is 0 Å². The Balaban J connectivity index is 2.60. The van der Waals surface area contributed by atoms with Gasteiger partial charge in [-0.25, -0.2) is 0 Å². The van der Waals surface area contributed by atoms with Crippen molar-refractivity contribution in [3.05, 3.63) is 27.8 Å². The van der Waals surface area contributed by atoms with Crippen molar-refractivity contribution in [1.82, 2.24) is 0 Å². The average Bonchev–Trinajstić information content (AvgIpc) is 2.32. The Labute approximate surface area is 96.9 Å². The summed E-state index contributed by atoms with van der Waals surface area (Å²) in [5.41, 5.74) is 5.95. The van der Waals surface area contributed by atoms with Gasteiger partial charge in [-0.3, -0.25) is 0 Å². The quantitative estimate of drug-likeness (QED) is 0.803. The molecule has 1 aromatic rings. The second-order valence-electron chi connectivity index (χ2n) is 4.71. The van der Waals surface area contributed by atoms with E-state index in [-0.39, 0.29) is 6.61 Å². The zero-order valence-corrected chi connectivity index (χ0v) is 10.1. The lowest BCUT2D eigenvalue weighted by Crippen LogP contribution is -2.10. The van der Waals surface area contributed by atoms with Gasteiger partial charge in [0.1, 0.15) is 5.75 Å². The molecule has 0 aliphatic heterocycles. The van der Waals surface area contributed by atoms with Crippen LogP contribution in [0, 0.1) is 13.8 Å². The molecule has 16 heavy (non-hydrogen) atoms. The van der Waals surface area contributed by atoms with Crippen LogP contribution in [0.3, 0.4) is 0 Å². The van der Waals surface area contributed by atoms with E-state index in [1.807, 2.05) is 6.92 Å². The van der Waals surface area contributed by atoms with Crippen LogP contribution in [0.5, 0.6) is 5.75 Å². The molecule has 0 atom stereocenters. The van der Waals surface area contributed by atoms with Gasteiger partial charge >= 0.3 is 0 Å². The lowest BCUT2D eigenvalue weighted by atomic mass is 9.82. The highest BCUT2D eigenvalue weighted by atomic mass is 16.3. The van der Waals surface area contributed by atoms with Crippen LogP contribution >= 0.6 is 0 Å². The van der Waals surface area contributed by atoms with Crippen LogP contribution in [0.25, 0.3) is 0 Å². The van der Waals surface area contributed by atoms with Crippen molar-refractivity contribution in [1.29, 1.82) is 0 Å². The molecule has 0 fully saturated rings. The van der Waals surface area contributed by atoms with Crippen molar-refractivity contribution in [3.8, 4) is 5.75 Å². The average molecular weight is 220 g/mol. The molecule has 2 N–H and O–H groups in total. The fourth-order valence-corrected chi connectivity index (χ4v) is 2.88. The molecule has 1 aliphatic rings. The summed E-state index contributed by atoms with van der Waals surface area (Å²) in [6.07, 6.45) is 5.25. The van der Waals surface area contributed by atoms with Gasteiger partial charge in [0.15, 0.2) is 0 Å². The van der Waals surface area contributed by atoms with E-state index >= 15 is 0 Å². The number of aliphatic hydroxyl groups excluding tert-OH is 1. The molecule has 0 aromatic heterocycles. The van der Waals surface area contributed by atoms with E-state index in [2.05, 4.69) is 6.92 Å². The van der Waals surface area contributed by atoms with Gasteiger partial charge in [-0.2, -0.15) is 0 Å². The minimum atomic E-state index is 0.104. The Bertz CT molecular complexity index is 408. The number of aliphatic hydroxyl groups is 1. The normalized spacial score (nSPS) is 14.9. The fourth-order valence-electron chi connectivity index (χ4n) is 2.88. The Kier molecular flexibility index (Phi) is 3.20. The van der Waals surface area contributed by atoms with Gasteiger partial charge in [-0.05, 0) is 73.8 Å². The molecule has 2 heteroatoms. The molecule has 0 saturated heterocycles. The van der Waals surface area contributed by atoms with Crippen molar-refractivity contribution in [2.45, 2.75) is 46.0 Å². The summed E-state index contributed by atoms with van der Waals surface area (Å²) in [7, 11) is 0. The maximum Gasteiger partial charge on any atom is 0.122 e. The second-order valence-corrected chi connectivity index (χ2v) is 4.71. The van der Waals surface area contributed by atoms with Gasteiger partial charge in [-0.1, -0.05) is 0 Å². The van der Waals surface area contributed by atoms with E-state index in [4.69, 9.17) is 5.11 Å². The zero-order valence-electron chi connectivity index (χ0n) is 10.1. The Morgan fingerprint density at radius 2 is 1.56 bits per heavy atom. The molecule has 0 saturated carbocycles. The van der Waals surface area contributed by atoms with Crippen LogP contribution in [0.2, 0.25) is 0 Å². The van der Waals surface area contributed by atoms with Crippen molar-refractivity contribution < 1.29 is 10.2 Å². The number of rotatable bonds is 2. The first-order chi connectivity index (χ1) is 7.66. The van der Waals surface area contributed by atoms with E-state index in [1.54, 1.807) is 0 Å². The van der Waals surface area contributed by atoms with Gasteiger partial charge in [0, 0.05) is 6.61 Å². The molecule has 1 aromatic carbocycles. The molecule has 0 spiro atoms. The van der Waals surface area contributed by atoms with Crippen molar-refractivity contribution in [2.75, 3.05) is 6.61 Å². The van der Waals surface area contributed by atoms with Gasteiger partial charge in [0.25, 0.3) is 0 Å². The standard InChI is InChI=1S/C14H20O2/c1-9-11-5-3-4-6-12(11)10(2)14(16)13(9)7-8-15/h15-16H,3-8H2,1-2H3. The van der Waals surface area contributed by atoms with Gasteiger partial charge in [0.05, 0.1) is 0 Å². The number of phenols is 1. The van der Waals surface area contributed by atoms with E-state index in [0.717, 1.165) is 24.0 Å². The monoisotopic (exact) mass is 220 g/mol. The Hall–Kier alpha value is -1.02. The molecule has 2 nitrogen and oxygen atoms in total. The summed E-state index contributed by atoms with van der Waals surface area (Å²) in [5, 5.41) is 19.2. The first kappa shape index (κ1) is 11.5. The number of fused-ring (bicyclic) bond motifs is 1. The van der Waals surface area contributed by atoms with Gasteiger partial charge < -0.3 is 10.2 Å². The lowest BCUT2D eigenvalue weighted by Gasteiger charge is -2.24. The molecule has 2 rings (SSSR count). The minimum Gasteiger partial charge on any atom is -0.507 e. The van der Waals surface area contributed by atoms with Crippen LogP contribution in [0.15, 0.2) is 0 Å². The maximum absolute atomic E-state index is 10.2. The number of phenolic OH excluding ortho intramolecular Hbond substituents is 1. The maximum atomic E-state index is 10.2. The van der Waals surface area contributed by atoms with E-state index < -0.39 is 0 Å². The molecule has 88 valence electrons. The molecule has 0 heterocycles. The molecule has 0 bridgehead atoms. The summed E-state index contributed by atoms with van der Waals surface area (Å²) >= 11 is 0. The summed E-state index contributed by atoms with van der Waals surface area (Å²) in [5.74, 6) is 0.409. The fraction of sp³-hybridized carbons (Fsp3) is 0.571. The third-order valence-corrected chi connectivity index (χ3v) is 3.83. The van der Waals surface area contributed by atoms with E-state index in [0.29, 0.717) is 12.2 Å². The Morgan fingerprint density at radius 3 is 2.12 bits per heavy atom. The van der Waals surface area contributed by atoms with E-state index in [9.17, 15) is 5.11 Å². The molecule has 0 unspecified atom stereocenters. The first-order valence-corrected chi connectivity index (χ1v) is 6.10. The molecular formula is C14H20O2. The first-order valence-electron chi connectivity index (χ1n) is 6.10. The SMILES string of the molecule is Cc1c(O)c(CCO)c(C)c2c1CCCC2. The lowest BCUT2D eigenvalue weighted by molar-refractivity contribution is 0.297. The number of hydrogen-bond acceptors (Lipinski definition) is 2. The highest BCUT2D eigenvalue weighted by molar-refractivity contribution is 5.55. The number of benzene rings is 1. The second kappa shape index (κ2) is 4.46. The van der Waals surface area contributed by atoms with Crippen molar-refractivity contribution in [2.24, 2.45) is 0 Å². The summed E-state index contributed by atoms with van der Waals surface area (Å²) in [4.78, 5) is 0. The topological polar surface area (TPSA) is 40.5 Å². The predicted molar refractivity (Wildman–Crippen MR) is 65.0 cm³/mol. The van der Waals surface area contributed by atoms with E-state index in [1.165, 1.54) is 29.5 Å². The molecular weight excluding hydrogens is 200 g/mol. The molecule has 0 radical (unpaired) electrons. The van der Waals surface area contributed by atoms with Gasteiger partial charge in [0.2, 0.25) is 0 Å². The third kappa shape index (κ3) is 1.71. The third-order valence-electron chi connectivity index (χ3n) is 3.83. The highest BCUT2D eigenvalue weighted by Crippen LogP contribution is 2.36. The van der Waals surface area contributed by atoms with Crippen LogP contribution in [0.1, 0.15) is 40.7 Å². The van der Waals surface area contributed by atoms with Crippen LogP contribution < -0.4 is 0 Å². The van der Waals surface area contributed by atoms with Crippen LogP contribution in [0.4, 0.5) is 0 Å². The molecule has 0 amide bonds. The predicted octanol–water partition coefficient (Wildman–Crippen LogP) is 2.42. The van der Waals surface area contributed by atoms with Gasteiger partial charge in [-0.15, -0.1) is 0 Å². The summed E-state index contributed by atoms with van der Waals surface area (Å²) < 4.78 is 0. The zero-order chi connectivity index (χ0) is 11.7. The Morgan fingerprint density at radius 1 is 1.00 bits per heavy atom. The minimum absolute atomic E-state index is 0.104. The summed E-state index contributed by atoms with van der Waals surface area (Å²) in [6, 6.07) is 0. The number of hydrogen-bond donors (Lipinski definition) is 2. The smallest absolute Gasteiger partial charge is 0.122 e. The largest absolute Gasteiger partial charge is 0.507 e. The van der Waals surface area contributed by atoms with Crippen LogP contribution in [-0.4, -0.2) is 16.8 Å². The van der Waals surface area contributed by atoms with Crippen molar-refractivity contribution in [3.63, 3.8) is 0 Å². The molecule has 1 aliphatic carbocycles. The summed E-state index contributed by atoms with van der Waals surface area (Å²) in [6.45, 7) is 4.18. The highest BCUT2D eigenvalue weighted by Gasteiger charge is 2.20. The van der Waals surface area contributed by atoms with Crippen LogP contribution in [-0.2, 0) is 19.3 Å². The number of aromatic hydroxyl groups is 1.